The first kappa shape index (κ1) is 16.8. The molecule has 1 amide bonds. The van der Waals surface area contributed by atoms with Crippen molar-refractivity contribution < 1.29 is 9.53 Å². The third kappa shape index (κ3) is 4.99. The maximum atomic E-state index is 12.4. The third-order valence-electron chi connectivity index (χ3n) is 3.92. The predicted molar refractivity (Wildman–Crippen MR) is 91.9 cm³/mol. The van der Waals surface area contributed by atoms with Crippen LogP contribution in [0, 0.1) is 18.3 Å². The highest BCUT2D eigenvalue weighted by molar-refractivity contribution is 7.99. The molecule has 0 atom stereocenters. The summed E-state index contributed by atoms with van der Waals surface area (Å²) in [5, 5.41) is 0. The van der Waals surface area contributed by atoms with E-state index in [1.165, 1.54) is 11.5 Å². The molecule has 2 rings (SSSR count). The lowest BCUT2D eigenvalue weighted by Crippen LogP contribution is -2.29. The largest absolute Gasteiger partial charge is 0.481 e. The molecule has 1 fully saturated rings. The lowest BCUT2D eigenvalue weighted by atomic mass is 9.98. The molecule has 1 aliphatic rings. The molecule has 1 saturated heterocycles. The van der Waals surface area contributed by atoms with E-state index in [4.69, 9.17) is 11.2 Å². The Balaban J connectivity index is 1.91. The summed E-state index contributed by atoms with van der Waals surface area (Å²) in [5.74, 6) is 6.35. The third-order valence-corrected chi connectivity index (χ3v) is 4.97. The lowest BCUT2D eigenvalue weighted by Gasteiger charge is -2.24. The van der Waals surface area contributed by atoms with E-state index in [0.29, 0.717) is 18.9 Å². The quantitative estimate of drug-likeness (QED) is 0.755. The second kappa shape index (κ2) is 8.75. The minimum absolute atomic E-state index is 0.212. The van der Waals surface area contributed by atoms with Crippen LogP contribution >= 0.6 is 11.8 Å². The van der Waals surface area contributed by atoms with Crippen LogP contribution in [-0.2, 0) is 11.3 Å². The SMILES string of the molecule is C#CCOc1ccccc1CN(C)C(=O)CC1CCSCC1. The van der Waals surface area contributed by atoms with Crippen LogP contribution in [0.5, 0.6) is 5.75 Å². The molecule has 1 aromatic carbocycles. The van der Waals surface area contributed by atoms with E-state index in [1.807, 2.05) is 43.1 Å². The standard InChI is InChI=1S/C18H23NO2S/c1-3-10-21-17-7-5-4-6-16(17)14-19(2)18(20)13-15-8-11-22-12-9-15/h1,4-7,15H,8-14H2,2H3. The zero-order valence-corrected chi connectivity index (χ0v) is 13.9. The van der Waals surface area contributed by atoms with Gasteiger partial charge in [0.2, 0.25) is 5.91 Å². The molecule has 0 N–H and O–H groups in total. The Labute approximate surface area is 137 Å². The van der Waals surface area contributed by atoms with Crippen molar-refractivity contribution in [3.8, 4) is 18.1 Å². The van der Waals surface area contributed by atoms with E-state index < -0.39 is 0 Å². The van der Waals surface area contributed by atoms with Crippen molar-refractivity contribution in [2.24, 2.45) is 5.92 Å². The van der Waals surface area contributed by atoms with E-state index in [1.54, 1.807) is 4.90 Å². The number of hydrogen-bond donors (Lipinski definition) is 0. The second-order valence-electron chi connectivity index (χ2n) is 5.61. The summed E-state index contributed by atoms with van der Waals surface area (Å²) in [6.45, 7) is 0.801. The Morgan fingerprint density at radius 2 is 2.14 bits per heavy atom. The molecule has 4 heteroatoms. The van der Waals surface area contributed by atoms with Crippen molar-refractivity contribution in [1.82, 2.24) is 4.90 Å². The van der Waals surface area contributed by atoms with Gasteiger partial charge in [0.1, 0.15) is 12.4 Å². The maximum absolute atomic E-state index is 12.4. The summed E-state index contributed by atoms with van der Waals surface area (Å²) in [5.41, 5.74) is 0.993. The van der Waals surface area contributed by atoms with Crippen LogP contribution in [0.4, 0.5) is 0 Å². The monoisotopic (exact) mass is 317 g/mol. The Bertz CT molecular complexity index is 532. The van der Waals surface area contributed by atoms with Gasteiger partial charge in [-0.1, -0.05) is 24.1 Å². The summed E-state index contributed by atoms with van der Waals surface area (Å²) in [6, 6.07) is 7.74. The summed E-state index contributed by atoms with van der Waals surface area (Å²) >= 11 is 1.99. The van der Waals surface area contributed by atoms with E-state index in [2.05, 4.69) is 5.92 Å². The molecule has 0 unspecified atom stereocenters. The van der Waals surface area contributed by atoms with Crippen LogP contribution in [0.2, 0.25) is 0 Å². The number of nitrogens with zero attached hydrogens (tertiary/aromatic N) is 1. The van der Waals surface area contributed by atoms with Crippen molar-refractivity contribution in [2.75, 3.05) is 25.2 Å². The smallest absolute Gasteiger partial charge is 0.222 e. The molecule has 22 heavy (non-hydrogen) atoms. The van der Waals surface area contributed by atoms with E-state index >= 15 is 0 Å². The van der Waals surface area contributed by atoms with Crippen LogP contribution in [-0.4, -0.2) is 36.0 Å². The Morgan fingerprint density at radius 1 is 1.41 bits per heavy atom. The van der Waals surface area contributed by atoms with Gasteiger partial charge in [0, 0.05) is 25.6 Å². The summed E-state index contributed by atoms with van der Waals surface area (Å²) in [6.07, 6.45) is 8.21. The number of terminal acetylenes is 1. The molecule has 0 saturated carbocycles. The van der Waals surface area contributed by atoms with Crippen LogP contribution in [0.3, 0.4) is 0 Å². The fourth-order valence-corrected chi connectivity index (χ4v) is 3.80. The summed E-state index contributed by atoms with van der Waals surface area (Å²) < 4.78 is 5.54. The van der Waals surface area contributed by atoms with Gasteiger partial charge in [0.05, 0.1) is 0 Å². The molecule has 0 radical (unpaired) electrons. The Kier molecular flexibility index (Phi) is 6.67. The van der Waals surface area contributed by atoms with E-state index in [0.717, 1.165) is 24.2 Å². The first-order chi connectivity index (χ1) is 10.7. The molecular formula is C18H23NO2S. The average molecular weight is 317 g/mol. The van der Waals surface area contributed by atoms with Gasteiger partial charge in [-0.05, 0) is 36.3 Å². The Morgan fingerprint density at radius 3 is 2.86 bits per heavy atom. The number of rotatable bonds is 6. The first-order valence-corrected chi connectivity index (χ1v) is 8.82. The van der Waals surface area contributed by atoms with E-state index in [9.17, 15) is 4.79 Å². The molecule has 1 aromatic rings. The van der Waals surface area contributed by atoms with Crippen molar-refractivity contribution in [3.05, 3.63) is 29.8 Å². The molecular weight excluding hydrogens is 294 g/mol. The number of carbonyl (C=O) groups excluding carboxylic acids is 1. The number of benzene rings is 1. The number of para-hydroxylation sites is 1. The van der Waals surface area contributed by atoms with Crippen molar-refractivity contribution in [3.63, 3.8) is 0 Å². The lowest BCUT2D eigenvalue weighted by molar-refractivity contribution is -0.131. The fourth-order valence-electron chi connectivity index (χ4n) is 2.59. The van der Waals surface area contributed by atoms with Crippen molar-refractivity contribution in [2.45, 2.75) is 25.8 Å². The van der Waals surface area contributed by atoms with Crippen LogP contribution in [0.15, 0.2) is 24.3 Å². The highest BCUT2D eigenvalue weighted by Crippen LogP contribution is 2.26. The number of carbonyl (C=O) groups is 1. The molecule has 0 aromatic heterocycles. The topological polar surface area (TPSA) is 29.5 Å². The minimum Gasteiger partial charge on any atom is -0.481 e. The van der Waals surface area contributed by atoms with Gasteiger partial charge in [-0.3, -0.25) is 4.79 Å². The molecule has 0 bridgehead atoms. The number of amides is 1. The zero-order chi connectivity index (χ0) is 15.8. The molecule has 1 heterocycles. The van der Waals surface area contributed by atoms with Gasteiger partial charge < -0.3 is 9.64 Å². The summed E-state index contributed by atoms with van der Waals surface area (Å²) in [7, 11) is 1.86. The highest BCUT2D eigenvalue weighted by atomic mass is 32.2. The minimum atomic E-state index is 0.212. The predicted octanol–water partition coefficient (Wildman–Crippen LogP) is 3.19. The maximum Gasteiger partial charge on any atom is 0.222 e. The number of thioether (sulfide) groups is 1. The molecule has 1 aliphatic heterocycles. The number of hydrogen-bond acceptors (Lipinski definition) is 3. The van der Waals surface area contributed by atoms with Gasteiger partial charge in [-0.2, -0.15) is 11.8 Å². The second-order valence-corrected chi connectivity index (χ2v) is 6.83. The molecule has 0 aliphatic carbocycles. The molecule has 3 nitrogen and oxygen atoms in total. The molecule has 0 spiro atoms. The number of ether oxygens (including phenoxy) is 1. The van der Waals surface area contributed by atoms with Gasteiger partial charge in [0.15, 0.2) is 0 Å². The van der Waals surface area contributed by atoms with E-state index in [-0.39, 0.29) is 12.5 Å². The molecule has 118 valence electrons. The van der Waals surface area contributed by atoms with Crippen LogP contribution < -0.4 is 4.74 Å². The zero-order valence-electron chi connectivity index (χ0n) is 13.1. The normalized spacial score (nSPS) is 15.1. The van der Waals surface area contributed by atoms with Crippen LogP contribution in [0.25, 0.3) is 0 Å². The first-order valence-electron chi connectivity index (χ1n) is 7.66. The van der Waals surface area contributed by atoms with Gasteiger partial charge >= 0.3 is 0 Å². The van der Waals surface area contributed by atoms with Gasteiger partial charge in [0.25, 0.3) is 0 Å². The summed E-state index contributed by atoms with van der Waals surface area (Å²) in [4.78, 5) is 14.2. The van der Waals surface area contributed by atoms with Crippen molar-refractivity contribution in [1.29, 1.82) is 0 Å². The fraction of sp³-hybridized carbons (Fsp3) is 0.500. The van der Waals surface area contributed by atoms with Gasteiger partial charge in [-0.15, -0.1) is 6.42 Å². The average Bonchev–Trinajstić information content (AvgIpc) is 2.55. The van der Waals surface area contributed by atoms with Gasteiger partial charge in [-0.25, -0.2) is 0 Å². The van der Waals surface area contributed by atoms with Crippen molar-refractivity contribution >= 4 is 17.7 Å². The highest BCUT2D eigenvalue weighted by Gasteiger charge is 2.20. The Hall–Kier alpha value is -1.60. The van der Waals surface area contributed by atoms with Crippen LogP contribution in [0.1, 0.15) is 24.8 Å².